The van der Waals surface area contributed by atoms with Crippen LogP contribution in [0.25, 0.3) is 17.0 Å². The van der Waals surface area contributed by atoms with Crippen LogP contribution in [0.4, 0.5) is 0 Å². The maximum atomic E-state index is 12.4. The SMILES string of the molecule is C=C(N[C@@H](CCCN=C(N)N)C(=O)NCCO)c1ccc(-c2ccc(Cl)cc2)[nH]1. The molecule has 8 N–H and O–H groups in total. The third-order valence-electron chi connectivity index (χ3n) is 4.19. The van der Waals surface area contributed by atoms with Gasteiger partial charge in [-0.3, -0.25) is 9.79 Å². The molecule has 0 unspecified atom stereocenters. The summed E-state index contributed by atoms with van der Waals surface area (Å²) < 4.78 is 0. The minimum absolute atomic E-state index is 0.0183. The summed E-state index contributed by atoms with van der Waals surface area (Å²) in [5.41, 5.74) is 13.9. The molecule has 0 saturated heterocycles. The molecule has 2 rings (SSSR count). The molecule has 0 spiro atoms. The summed E-state index contributed by atoms with van der Waals surface area (Å²) in [6.07, 6.45) is 1.11. The Bertz CT molecular complexity index is 843. The van der Waals surface area contributed by atoms with E-state index in [4.69, 9.17) is 28.2 Å². The third-order valence-corrected chi connectivity index (χ3v) is 4.44. The van der Waals surface area contributed by atoms with Gasteiger partial charge in [0.05, 0.1) is 18.0 Å². The van der Waals surface area contributed by atoms with Gasteiger partial charge in [-0.15, -0.1) is 0 Å². The molecule has 0 aliphatic heterocycles. The van der Waals surface area contributed by atoms with E-state index < -0.39 is 6.04 Å². The summed E-state index contributed by atoms with van der Waals surface area (Å²) in [6, 6.07) is 10.8. The second-order valence-electron chi connectivity index (χ2n) is 6.43. The number of hydrogen-bond donors (Lipinski definition) is 6. The fourth-order valence-corrected chi connectivity index (χ4v) is 2.86. The van der Waals surface area contributed by atoms with Gasteiger partial charge in [0.15, 0.2) is 5.96 Å². The summed E-state index contributed by atoms with van der Waals surface area (Å²) in [7, 11) is 0. The Labute approximate surface area is 175 Å². The molecule has 0 aliphatic carbocycles. The van der Waals surface area contributed by atoms with Crippen molar-refractivity contribution >= 4 is 29.2 Å². The Hall–Kier alpha value is -2.97. The number of hydrogen-bond acceptors (Lipinski definition) is 4. The summed E-state index contributed by atoms with van der Waals surface area (Å²) in [5, 5.41) is 15.4. The van der Waals surface area contributed by atoms with Crippen molar-refractivity contribution in [1.82, 2.24) is 15.6 Å². The molecule has 0 fully saturated rings. The largest absolute Gasteiger partial charge is 0.395 e. The highest BCUT2D eigenvalue weighted by molar-refractivity contribution is 6.30. The number of aliphatic imine (C=N–C) groups is 1. The lowest BCUT2D eigenvalue weighted by atomic mass is 10.1. The van der Waals surface area contributed by atoms with Crippen LogP contribution >= 0.6 is 11.6 Å². The Kier molecular flexibility index (Phi) is 8.57. The Morgan fingerprint density at radius 2 is 1.97 bits per heavy atom. The summed E-state index contributed by atoms with van der Waals surface area (Å²) >= 11 is 5.94. The van der Waals surface area contributed by atoms with E-state index in [1.54, 1.807) is 0 Å². The topological polar surface area (TPSA) is 142 Å². The predicted octanol–water partition coefficient (Wildman–Crippen LogP) is 1.43. The summed E-state index contributed by atoms with van der Waals surface area (Å²) in [4.78, 5) is 19.6. The van der Waals surface area contributed by atoms with Gasteiger partial charge in [-0.2, -0.15) is 0 Å². The number of aromatic amines is 1. The molecular formula is C20H27ClN6O2. The molecule has 0 saturated carbocycles. The van der Waals surface area contributed by atoms with E-state index in [9.17, 15) is 4.79 Å². The van der Waals surface area contributed by atoms with Gasteiger partial charge in [0.2, 0.25) is 5.91 Å². The Balaban J connectivity index is 2.04. The average molecular weight is 419 g/mol. The first-order chi connectivity index (χ1) is 13.9. The van der Waals surface area contributed by atoms with Crippen LogP contribution in [-0.4, -0.2) is 47.7 Å². The van der Waals surface area contributed by atoms with Gasteiger partial charge in [0.1, 0.15) is 6.04 Å². The molecule has 0 aliphatic rings. The molecule has 0 radical (unpaired) electrons. The Morgan fingerprint density at radius 1 is 1.24 bits per heavy atom. The number of aliphatic hydroxyl groups excluding tert-OH is 1. The van der Waals surface area contributed by atoms with E-state index >= 15 is 0 Å². The maximum Gasteiger partial charge on any atom is 0.242 e. The fraction of sp³-hybridized carbons (Fsp3) is 0.300. The molecular weight excluding hydrogens is 392 g/mol. The van der Waals surface area contributed by atoms with E-state index in [2.05, 4.69) is 27.2 Å². The van der Waals surface area contributed by atoms with Crippen LogP contribution in [0.2, 0.25) is 5.02 Å². The van der Waals surface area contributed by atoms with Crippen LogP contribution in [0, 0.1) is 0 Å². The van der Waals surface area contributed by atoms with Gasteiger partial charge >= 0.3 is 0 Å². The van der Waals surface area contributed by atoms with E-state index in [1.165, 1.54) is 0 Å². The molecule has 2 aromatic rings. The second kappa shape index (κ2) is 11.1. The number of nitrogens with zero attached hydrogens (tertiary/aromatic N) is 1. The van der Waals surface area contributed by atoms with Crippen LogP contribution in [-0.2, 0) is 4.79 Å². The smallest absolute Gasteiger partial charge is 0.242 e. The molecule has 9 heteroatoms. The van der Waals surface area contributed by atoms with Crippen LogP contribution in [0.5, 0.6) is 0 Å². The van der Waals surface area contributed by atoms with Gasteiger partial charge in [-0.1, -0.05) is 30.3 Å². The number of H-pyrrole nitrogens is 1. The molecule has 29 heavy (non-hydrogen) atoms. The molecule has 8 nitrogen and oxygen atoms in total. The van der Waals surface area contributed by atoms with Crippen molar-refractivity contribution in [1.29, 1.82) is 0 Å². The van der Waals surface area contributed by atoms with Crippen molar-refractivity contribution in [2.75, 3.05) is 19.7 Å². The number of nitrogens with two attached hydrogens (primary N) is 2. The summed E-state index contributed by atoms with van der Waals surface area (Å²) in [6.45, 7) is 4.52. The lowest BCUT2D eigenvalue weighted by Crippen LogP contribution is -2.44. The number of carbonyl (C=O) groups excluding carboxylic acids is 1. The number of benzene rings is 1. The monoisotopic (exact) mass is 418 g/mol. The summed E-state index contributed by atoms with van der Waals surface area (Å²) in [5.74, 6) is -0.209. The van der Waals surface area contributed by atoms with Crippen molar-refractivity contribution in [2.24, 2.45) is 16.5 Å². The average Bonchev–Trinajstić information content (AvgIpc) is 3.19. The Morgan fingerprint density at radius 3 is 2.62 bits per heavy atom. The van der Waals surface area contributed by atoms with Crippen LogP contribution in [0.15, 0.2) is 48.0 Å². The second-order valence-corrected chi connectivity index (χ2v) is 6.87. The van der Waals surface area contributed by atoms with Crippen molar-refractivity contribution in [3.63, 3.8) is 0 Å². The van der Waals surface area contributed by atoms with E-state index in [0.717, 1.165) is 17.0 Å². The molecule has 156 valence electrons. The highest BCUT2D eigenvalue weighted by Gasteiger charge is 2.19. The quantitative estimate of drug-likeness (QED) is 0.186. The first-order valence-corrected chi connectivity index (χ1v) is 9.63. The number of halogens is 1. The van der Waals surface area contributed by atoms with E-state index in [0.29, 0.717) is 30.1 Å². The molecule has 1 aromatic heterocycles. The van der Waals surface area contributed by atoms with Gasteiger partial charge in [-0.25, -0.2) is 0 Å². The molecule has 1 atom stereocenters. The first-order valence-electron chi connectivity index (χ1n) is 9.25. The number of rotatable bonds is 11. The third kappa shape index (κ3) is 7.17. The first kappa shape index (κ1) is 22.3. The number of guanidine groups is 1. The van der Waals surface area contributed by atoms with Crippen molar-refractivity contribution in [3.05, 3.63) is 53.7 Å². The van der Waals surface area contributed by atoms with Gasteiger partial charge in [0.25, 0.3) is 0 Å². The number of amides is 1. The van der Waals surface area contributed by atoms with Crippen LogP contribution in [0.1, 0.15) is 18.5 Å². The van der Waals surface area contributed by atoms with Gasteiger partial charge in [0, 0.05) is 23.8 Å². The lowest BCUT2D eigenvalue weighted by molar-refractivity contribution is -0.123. The van der Waals surface area contributed by atoms with Crippen molar-refractivity contribution in [2.45, 2.75) is 18.9 Å². The van der Waals surface area contributed by atoms with Crippen LogP contribution in [0.3, 0.4) is 0 Å². The zero-order valence-electron chi connectivity index (χ0n) is 16.1. The minimum Gasteiger partial charge on any atom is -0.395 e. The zero-order chi connectivity index (χ0) is 21.2. The maximum absolute atomic E-state index is 12.4. The minimum atomic E-state index is -0.537. The van der Waals surface area contributed by atoms with Crippen molar-refractivity contribution < 1.29 is 9.90 Å². The molecule has 1 amide bonds. The lowest BCUT2D eigenvalue weighted by Gasteiger charge is -2.20. The highest BCUT2D eigenvalue weighted by atomic mass is 35.5. The molecule has 1 heterocycles. The predicted molar refractivity (Wildman–Crippen MR) is 117 cm³/mol. The van der Waals surface area contributed by atoms with E-state index in [-0.39, 0.29) is 25.0 Å². The van der Waals surface area contributed by atoms with E-state index in [1.807, 2.05) is 36.4 Å². The van der Waals surface area contributed by atoms with Crippen LogP contribution < -0.4 is 22.1 Å². The van der Waals surface area contributed by atoms with Crippen molar-refractivity contribution in [3.8, 4) is 11.3 Å². The normalized spacial score (nSPS) is 11.5. The number of nitrogens with one attached hydrogen (secondary N) is 3. The van der Waals surface area contributed by atoms with Gasteiger partial charge in [-0.05, 0) is 42.7 Å². The number of aliphatic hydroxyl groups is 1. The molecule has 1 aromatic carbocycles. The number of carbonyl (C=O) groups is 1. The fourth-order valence-electron chi connectivity index (χ4n) is 2.73. The highest BCUT2D eigenvalue weighted by Crippen LogP contribution is 2.22. The molecule has 0 bridgehead atoms. The standard InChI is InChI=1S/C20H27ClN6O2/c1-13(16-8-9-17(27-16)14-4-6-15(21)7-5-14)26-18(19(29)24-11-12-28)3-2-10-25-20(22)23/h4-9,18,26-28H,1-3,10-12H2,(H,24,29)(H4,22,23,25)/t18-/m0/s1. The zero-order valence-corrected chi connectivity index (χ0v) is 16.9. The number of aromatic nitrogens is 1. The van der Waals surface area contributed by atoms with Gasteiger partial charge < -0.3 is 32.2 Å².